The van der Waals surface area contributed by atoms with E-state index < -0.39 is 5.60 Å². The molecule has 2 aromatic rings. The number of nitrogens with zero attached hydrogens (tertiary/aromatic N) is 2. The summed E-state index contributed by atoms with van der Waals surface area (Å²) in [5, 5.41) is 7.61. The van der Waals surface area contributed by atoms with Crippen LogP contribution in [0.25, 0.3) is 10.9 Å². The molecule has 156 valence electrons. The molecule has 1 saturated heterocycles. The Labute approximate surface area is 170 Å². The van der Waals surface area contributed by atoms with Gasteiger partial charge in [0.15, 0.2) is 0 Å². The van der Waals surface area contributed by atoms with E-state index >= 15 is 0 Å². The van der Waals surface area contributed by atoms with Crippen LogP contribution in [0.3, 0.4) is 0 Å². The maximum Gasteiger partial charge on any atom is 0.410 e. The first-order chi connectivity index (χ1) is 13.7. The minimum absolute atomic E-state index is 0.0714. The molecule has 1 aromatic carbocycles. The zero-order chi connectivity index (χ0) is 20.8. The molecular weight excluding hydrogens is 370 g/mol. The van der Waals surface area contributed by atoms with Crippen molar-refractivity contribution in [2.75, 3.05) is 13.1 Å². The monoisotopic (exact) mass is 399 g/mol. The number of nitrogens with one attached hydrogen (secondary N) is 1. The van der Waals surface area contributed by atoms with E-state index in [1.165, 1.54) is 0 Å². The van der Waals surface area contributed by atoms with Crippen LogP contribution < -0.4 is 5.32 Å². The summed E-state index contributed by atoms with van der Waals surface area (Å²) >= 11 is 0. The van der Waals surface area contributed by atoms with Gasteiger partial charge in [-0.25, -0.2) is 4.79 Å². The van der Waals surface area contributed by atoms with Gasteiger partial charge in [-0.15, -0.1) is 0 Å². The molecule has 1 aromatic heterocycles. The lowest BCUT2D eigenvalue weighted by molar-refractivity contribution is 0.0196. The third kappa shape index (κ3) is 3.95. The summed E-state index contributed by atoms with van der Waals surface area (Å²) < 4.78 is 10.9. The molecule has 4 rings (SSSR count). The summed E-state index contributed by atoms with van der Waals surface area (Å²) in [5.74, 6) is 1.38. The number of rotatable bonds is 3. The number of benzene rings is 1. The Morgan fingerprint density at radius 2 is 2.03 bits per heavy atom. The third-order valence-electron chi connectivity index (χ3n) is 6.00. The second kappa shape index (κ2) is 7.35. The number of fused-ring (bicyclic) bond motifs is 2. The number of likely N-dealkylation sites (tertiary alicyclic amines) is 1. The lowest BCUT2D eigenvalue weighted by Gasteiger charge is -2.31. The molecule has 4 atom stereocenters. The van der Waals surface area contributed by atoms with Gasteiger partial charge in [-0.1, -0.05) is 24.2 Å². The molecule has 2 amide bonds. The van der Waals surface area contributed by atoms with Crippen molar-refractivity contribution in [1.29, 1.82) is 0 Å². The second-order valence-electron chi connectivity index (χ2n) is 9.44. The number of carbonyl (C=O) groups is 2. The van der Waals surface area contributed by atoms with E-state index in [4.69, 9.17) is 9.26 Å². The average Bonchev–Trinajstić information content (AvgIpc) is 3.30. The van der Waals surface area contributed by atoms with Crippen molar-refractivity contribution < 1.29 is 18.8 Å². The fourth-order valence-corrected chi connectivity index (χ4v) is 4.87. The van der Waals surface area contributed by atoms with Crippen LogP contribution >= 0.6 is 0 Å². The predicted octanol–water partition coefficient (Wildman–Crippen LogP) is 3.84. The normalized spacial score (nSPS) is 26.6. The highest BCUT2D eigenvalue weighted by Gasteiger charge is 2.49. The smallest absolute Gasteiger partial charge is 0.410 e. The maximum absolute atomic E-state index is 12.8. The van der Waals surface area contributed by atoms with Gasteiger partial charge in [-0.05, 0) is 63.5 Å². The van der Waals surface area contributed by atoms with Crippen molar-refractivity contribution in [1.82, 2.24) is 15.4 Å². The van der Waals surface area contributed by atoms with Gasteiger partial charge in [0.1, 0.15) is 11.1 Å². The highest BCUT2D eigenvalue weighted by atomic mass is 16.6. The summed E-state index contributed by atoms with van der Waals surface area (Å²) in [7, 11) is 0. The lowest BCUT2D eigenvalue weighted by Crippen LogP contribution is -2.47. The fourth-order valence-electron chi connectivity index (χ4n) is 4.87. The number of amides is 2. The van der Waals surface area contributed by atoms with E-state index in [1.54, 1.807) is 6.07 Å². The highest BCUT2D eigenvalue weighted by Crippen LogP contribution is 2.45. The molecule has 1 aliphatic carbocycles. The standard InChI is InChI=1S/C22H29N3O4/c1-13-9-14-12-25(21(27)28-22(2,3)4)18(16(14)10-13)11-23-20(26)19-15-7-5-6-8-17(15)24-29-19/h5-8,13-14,16,18H,9-12H2,1-4H3,(H,23,26)/t13?,14-,16-,18+/m0/s1. The largest absolute Gasteiger partial charge is 0.444 e. The maximum atomic E-state index is 12.8. The van der Waals surface area contributed by atoms with Crippen LogP contribution in [-0.4, -0.2) is 46.8 Å². The molecule has 1 saturated carbocycles. The molecule has 2 aliphatic rings. The van der Waals surface area contributed by atoms with E-state index in [1.807, 2.05) is 43.9 Å². The van der Waals surface area contributed by atoms with Crippen LogP contribution in [-0.2, 0) is 4.74 Å². The molecule has 0 spiro atoms. The van der Waals surface area contributed by atoms with Gasteiger partial charge < -0.3 is 19.5 Å². The minimum Gasteiger partial charge on any atom is -0.444 e. The number of aromatic nitrogens is 1. The molecule has 7 heteroatoms. The third-order valence-corrected chi connectivity index (χ3v) is 6.00. The highest BCUT2D eigenvalue weighted by molar-refractivity contribution is 6.03. The Bertz CT molecular complexity index is 916. The van der Waals surface area contributed by atoms with Crippen LogP contribution in [0, 0.1) is 17.8 Å². The lowest BCUT2D eigenvalue weighted by atomic mass is 9.94. The van der Waals surface area contributed by atoms with Crippen LogP contribution in [0.1, 0.15) is 51.1 Å². The topological polar surface area (TPSA) is 84.7 Å². The number of hydrogen-bond donors (Lipinski definition) is 1. The first-order valence-corrected chi connectivity index (χ1v) is 10.3. The summed E-state index contributed by atoms with van der Waals surface area (Å²) in [5.41, 5.74) is 0.104. The molecule has 1 N–H and O–H groups in total. The van der Waals surface area contributed by atoms with Crippen molar-refractivity contribution in [3.05, 3.63) is 30.0 Å². The second-order valence-corrected chi connectivity index (χ2v) is 9.44. The van der Waals surface area contributed by atoms with Gasteiger partial charge in [0, 0.05) is 13.1 Å². The SMILES string of the molecule is CC1C[C@H]2CN(C(=O)OC(C)(C)C)[C@H](CNC(=O)c3onc4ccccc34)[C@H]2C1. The van der Waals surface area contributed by atoms with Crippen molar-refractivity contribution in [2.45, 2.75) is 52.2 Å². The van der Waals surface area contributed by atoms with Crippen molar-refractivity contribution >= 4 is 22.9 Å². The molecule has 29 heavy (non-hydrogen) atoms. The Hall–Kier alpha value is -2.57. The Balaban J connectivity index is 1.49. The predicted molar refractivity (Wildman–Crippen MR) is 108 cm³/mol. The van der Waals surface area contributed by atoms with Crippen molar-refractivity contribution in [2.24, 2.45) is 17.8 Å². The van der Waals surface area contributed by atoms with Gasteiger partial charge in [-0.3, -0.25) is 4.79 Å². The van der Waals surface area contributed by atoms with Gasteiger partial charge in [-0.2, -0.15) is 0 Å². The number of hydrogen-bond acceptors (Lipinski definition) is 5. The first-order valence-electron chi connectivity index (χ1n) is 10.3. The van der Waals surface area contributed by atoms with E-state index in [0.29, 0.717) is 41.7 Å². The van der Waals surface area contributed by atoms with Crippen molar-refractivity contribution in [3.8, 4) is 0 Å². The molecular formula is C22H29N3O4. The quantitative estimate of drug-likeness (QED) is 0.848. The Kier molecular flexibility index (Phi) is 5.00. The van der Waals surface area contributed by atoms with Crippen LogP contribution in [0.2, 0.25) is 0 Å². The Morgan fingerprint density at radius 1 is 1.28 bits per heavy atom. The van der Waals surface area contributed by atoms with E-state index in [0.717, 1.165) is 12.8 Å². The number of ether oxygens (including phenoxy) is 1. The Morgan fingerprint density at radius 3 is 2.79 bits per heavy atom. The van der Waals surface area contributed by atoms with E-state index in [9.17, 15) is 9.59 Å². The molecule has 1 aliphatic heterocycles. The van der Waals surface area contributed by atoms with Gasteiger partial charge in [0.05, 0.1) is 11.4 Å². The summed E-state index contributed by atoms with van der Waals surface area (Å²) in [6, 6.07) is 7.25. The van der Waals surface area contributed by atoms with Gasteiger partial charge in [0.2, 0.25) is 5.76 Å². The van der Waals surface area contributed by atoms with Crippen LogP contribution in [0.15, 0.2) is 28.8 Å². The molecule has 7 nitrogen and oxygen atoms in total. The first kappa shape index (κ1) is 19.7. The molecule has 0 bridgehead atoms. The molecule has 2 heterocycles. The van der Waals surface area contributed by atoms with E-state index in [2.05, 4.69) is 17.4 Å². The zero-order valence-electron chi connectivity index (χ0n) is 17.5. The van der Waals surface area contributed by atoms with Crippen molar-refractivity contribution in [3.63, 3.8) is 0 Å². The molecule has 0 radical (unpaired) electrons. The summed E-state index contributed by atoms with van der Waals surface area (Å²) in [6.45, 7) is 8.93. The van der Waals surface area contributed by atoms with Gasteiger partial charge >= 0.3 is 6.09 Å². The fraction of sp³-hybridized carbons (Fsp3) is 0.591. The van der Waals surface area contributed by atoms with Gasteiger partial charge in [0.25, 0.3) is 5.91 Å². The van der Waals surface area contributed by atoms with Crippen LogP contribution in [0.4, 0.5) is 4.79 Å². The van der Waals surface area contributed by atoms with E-state index in [-0.39, 0.29) is 23.8 Å². The molecule has 2 fully saturated rings. The average molecular weight is 399 g/mol. The zero-order valence-corrected chi connectivity index (χ0v) is 17.5. The summed E-state index contributed by atoms with van der Waals surface area (Å²) in [6.07, 6.45) is 1.88. The summed E-state index contributed by atoms with van der Waals surface area (Å²) in [4.78, 5) is 27.4. The number of carbonyl (C=O) groups excluding carboxylic acids is 2. The minimum atomic E-state index is -0.547. The molecule has 1 unspecified atom stereocenters. The van der Waals surface area contributed by atoms with Crippen LogP contribution in [0.5, 0.6) is 0 Å².